The van der Waals surface area contributed by atoms with Gasteiger partial charge in [-0.2, -0.15) is 0 Å². The van der Waals surface area contributed by atoms with Crippen molar-refractivity contribution in [2.24, 2.45) is 5.41 Å². The maximum Gasteiger partial charge on any atom is 0.410 e. The monoisotopic (exact) mass is 518 g/mol. The molecule has 1 spiro atoms. The average Bonchev–Trinajstić information content (AvgIpc) is 2.73. The summed E-state index contributed by atoms with van der Waals surface area (Å²) < 4.78 is 31.4. The average molecular weight is 519 g/mol. The molecule has 1 saturated heterocycles. The number of carbonyl (C=O) groups excluding carboxylic acids is 2. The van der Waals surface area contributed by atoms with Gasteiger partial charge in [-0.3, -0.25) is 4.79 Å². The van der Waals surface area contributed by atoms with Gasteiger partial charge in [0.2, 0.25) is 0 Å². The summed E-state index contributed by atoms with van der Waals surface area (Å²) in [7, 11) is 0. The second-order valence-corrected chi connectivity index (χ2v) is 10.5. The number of halogens is 2. The summed E-state index contributed by atoms with van der Waals surface area (Å²) in [5.74, 6) is -0.704. The Labute approximate surface area is 213 Å². The maximum absolute atomic E-state index is 13.0. The van der Waals surface area contributed by atoms with Crippen LogP contribution in [-0.4, -0.2) is 63.1 Å². The number of pyridine rings is 1. The highest BCUT2D eigenvalue weighted by Gasteiger charge is 2.54. The third-order valence-electron chi connectivity index (χ3n) is 6.13. The van der Waals surface area contributed by atoms with Crippen molar-refractivity contribution in [3.8, 4) is 0 Å². The molecule has 13 heteroatoms. The van der Waals surface area contributed by atoms with Crippen LogP contribution in [0.15, 0.2) is 18.3 Å². The Kier molecular flexibility index (Phi) is 7.07. The number of aromatic nitrogens is 3. The molecule has 2 fully saturated rings. The van der Waals surface area contributed by atoms with Gasteiger partial charge in [0, 0.05) is 49.4 Å². The number of nitrogens with zero attached hydrogens (tertiary/aromatic N) is 4. The molecule has 1 aliphatic heterocycles. The molecule has 2 aromatic rings. The van der Waals surface area contributed by atoms with Gasteiger partial charge in [0.15, 0.2) is 5.82 Å². The number of amides is 2. The third kappa shape index (κ3) is 6.15. The van der Waals surface area contributed by atoms with E-state index in [0.717, 1.165) is 12.8 Å². The Morgan fingerprint density at radius 1 is 1.22 bits per heavy atom. The Hall–Kier alpha value is -3.77. The Bertz CT molecular complexity index is 1170. The molecule has 0 unspecified atom stereocenters. The molecule has 11 nitrogen and oxygen atoms in total. The van der Waals surface area contributed by atoms with Gasteiger partial charge in [0.05, 0.1) is 11.3 Å². The molecule has 2 amide bonds. The molecule has 1 aliphatic carbocycles. The summed E-state index contributed by atoms with van der Waals surface area (Å²) in [6, 6.07) is 2.92. The number of anilines is 4. The number of rotatable bonds is 7. The minimum absolute atomic E-state index is 0.00248. The molecule has 3 heterocycles. The lowest BCUT2D eigenvalue weighted by atomic mass is 9.60. The second kappa shape index (κ2) is 9.94. The largest absolute Gasteiger partial charge is 0.444 e. The lowest BCUT2D eigenvalue weighted by Gasteiger charge is -2.58. The lowest BCUT2D eigenvalue weighted by Crippen LogP contribution is -2.67. The van der Waals surface area contributed by atoms with Gasteiger partial charge in [-0.25, -0.2) is 28.5 Å². The maximum atomic E-state index is 13.0. The fraction of sp³-hybridized carbons (Fsp3) is 0.542. The van der Waals surface area contributed by atoms with Crippen LogP contribution in [0, 0.1) is 5.41 Å². The molecule has 5 N–H and O–H groups in total. The molecule has 2 aliphatic rings. The van der Waals surface area contributed by atoms with Gasteiger partial charge < -0.3 is 31.3 Å². The van der Waals surface area contributed by atoms with Crippen LogP contribution >= 0.6 is 0 Å². The first-order valence-corrected chi connectivity index (χ1v) is 12.1. The number of hydrogen-bond donors (Lipinski definition) is 4. The van der Waals surface area contributed by atoms with E-state index in [2.05, 4.69) is 30.9 Å². The first-order valence-electron chi connectivity index (χ1n) is 12.1. The number of nitrogens with two attached hydrogens (primary N) is 1. The molecule has 0 radical (unpaired) electrons. The zero-order chi connectivity index (χ0) is 27.0. The fourth-order valence-electron chi connectivity index (χ4n) is 4.65. The number of ether oxygens (including phenoxy) is 1. The van der Waals surface area contributed by atoms with Crippen molar-refractivity contribution in [1.82, 2.24) is 25.2 Å². The molecule has 1 saturated carbocycles. The van der Waals surface area contributed by atoms with Crippen molar-refractivity contribution in [2.75, 3.05) is 36.0 Å². The standard InChI is InChI=1S/C24H32F2N8O3/c1-5-28-15-6-17(32-18-7-16(27)31-20(33-18)19(25)26)29-10-14(15)21(35)30-13-8-24(9-13)11-34(12-24)22(36)37-23(2,3)4/h6-7,10,13,19H,5,8-9,11-12H2,1-4H3,(H,30,35)(H4,27,28,29,31,32,33). The van der Waals surface area contributed by atoms with Crippen molar-refractivity contribution < 1.29 is 23.1 Å². The van der Waals surface area contributed by atoms with E-state index in [0.29, 0.717) is 36.7 Å². The molecule has 37 heavy (non-hydrogen) atoms. The summed E-state index contributed by atoms with van der Waals surface area (Å²) in [6.07, 6.45) is -0.204. The van der Waals surface area contributed by atoms with E-state index in [4.69, 9.17) is 10.5 Å². The first kappa shape index (κ1) is 26.3. The summed E-state index contributed by atoms with van der Waals surface area (Å²) in [6.45, 7) is 9.20. The van der Waals surface area contributed by atoms with Crippen LogP contribution in [0.5, 0.6) is 0 Å². The summed E-state index contributed by atoms with van der Waals surface area (Å²) in [4.78, 5) is 38.4. The highest BCUT2D eigenvalue weighted by Crippen LogP contribution is 2.48. The fourth-order valence-corrected chi connectivity index (χ4v) is 4.65. The summed E-state index contributed by atoms with van der Waals surface area (Å²) in [5.41, 5.74) is 5.98. The van der Waals surface area contributed by atoms with Gasteiger partial charge in [0.1, 0.15) is 23.1 Å². The molecule has 0 atom stereocenters. The lowest BCUT2D eigenvalue weighted by molar-refractivity contribution is -0.0812. The quantitative estimate of drug-likeness (QED) is 0.431. The van der Waals surface area contributed by atoms with E-state index in [1.165, 1.54) is 12.3 Å². The molecule has 4 rings (SSSR count). The Morgan fingerprint density at radius 2 is 1.92 bits per heavy atom. The minimum Gasteiger partial charge on any atom is -0.444 e. The molecule has 0 bridgehead atoms. The second-order valence-electron chi connectivity index (χ2n) is 10.5. The zero-order valence-corrected chi connectivity index (χ0v) is 21.3. The van der Waals surface area contributed by atoms with Crippen molar-refractivity contribution in [2.45, 2.75) is 58.6 Å². The van der Waals surface area contributed by atoms with Crippen molar-refractivity contribution in [3.05, 3.63) is 29.7 Å². The first-order chi connectivity index (χ1) is 17.4. The Morgan fingerprint density at radius 3 is 2.54 bits per heavy atom. The highest BCUT2D eigenvalue weighted by atomic mass is 19.3. The van der Waals surface area contributed by atoms with Crippen LogP contribution in [-0.2, 0) is 4.74 Å². The zero-order valence-electron chi connectivity index (χ0n) is 21.3. The summed E-state index contributed by atoms with van der Waals surface area (Å²) >= 11 is 0. The van der Waals surface area contributed by atoms with Crippen molar-refractivity contribution >= 4 is 35.1 Å². The van der Waals surface area contributed by atoms with E-state index in [9.17, 15) is 18.4 Å². The molecular weight excluding hydrogens is 486 g/mol. The van der Waals surface area contributed by atoms with Gasteiger partial charge in [0.25, 0.3) is 12.3 Å². The number of likely N-dealkylation sites (tertiary alicyclic amines) is 1. The van der Waals surface area contributed by atoms with Gasteiger partial charge in [-0.1, -0.05) is 0 Å². The normalized spacial score (nSPS) is 16.7. The minimum atomic E-state index is -2.87. The summed E-state index contributed by atoms with van der Waals surface area (Å²) in [5, 5.41) is 9.00. The van der Waals surface area contributed by atoms with Gasteiger partial charge >= 0.3 is 6.09 Å². The number of nitrogens with one attached hydrogen (secondary N) is 3. The number of nitrogen functional groups attached to an aromatic ring is 1. The van der Waals surface area contributed by atoms with Gasteiger partial charge in [-0.15, -0.1) is 0 Å². The van der Waals surface area contributed by atoms with Crippen LogP contribution in [0.1, 0.15) is 63.1 Å². The van der Waals surface area contributed by atoms with Crippen molar-refractivity contribution in [1.29, 1.82) is 0 Å². The highest BCUT2D eigenvalue weighted by molar-refractivity contribution is 6.00. The topological polar surface area (TPSA) is 147 Å². The SMILES string of the molecule is CCNc1cc(Nc2cc(N)nc(C(F)F)n2)ncc1C(=O)NC1CC2(C1)CN(C(=O)OC(C)(C)C)C2. The van der Waals surface area contributed by atoms with E-state index < -0.39 is 17.9 Å². The van der Waals surface area contributed by atoms with E-state index in [1.807, 2.05) is 27.7 Å². The van der Waals surface area contributed by atoms with Crippen LogP contribution < -0.4 is 21.7 Å². The van der Waals surface area contributed by atoms with Crippen LogP contribution in [0.4, 0.5) is 36.7 Å². The number of alkyl halides is 2. The van der Waals surface area contributed by atoms with Gasteiger partial charge in [-0.05, 0) is 40.5 Å². The van der Waals surface area contributed by atoms with Crippen LogP contribution in [0.3, 0.4) is 0 Å². The number of carbonyl (C=O) groups is 2. The Balaban J connectivity index is 1.35. The predicted octanol–water partition coefficient (Wildman–Crippen LogP) is 3.70. The third-order valence-corrected chi connectivity index (χ3v) is 6.13. The molecular formula is C24H32F2N8O3. The number of hydrogen-bond acceptors (Lipinski definition) is 9. The molecule has 200 valence electrons. The predicted molar refractivity (Wildman–Crippen MR) is 134 cm³/mol. The molecule has 0 aromatic carbocycles. The van der Waals surface area contributed by atoms with E-state index in [1.54, 1.807) is 11.0 Å². The van der Waals surface area contributed by atoms with Crippen LogP contribution in [0.2, 0.25) is 0 Å². The smallest absolute Gasteiger partial charge is 0.410 e. The van der Waals surface area contributed by atoms with Crippen molar-refractivity contribution in [3.63, 3.8) is 0 Å². The van der Waals surface area contributed by atoms with E-state index in [-0.39, 0.29) is 35.1 Å². The molecule has 2 aromatic heterocycles. The van der Waals surface area contributed by atoms with E-state index >= 15 is 0 Å². The van der Waals surface area contributed by atoms with Crippen LogP contribution in [0.25, 0.3) is 0 Å².